The second-order valence-corrected chi connectivity index (χ2v) is 6.92. The van der Waals surface area contributed by atoms with Crippen LogP contribution in [0.1, 0.15) is 57.1 Å². The van der Waals surface area contributed by atoms with Gasteiger partial charge in [0.05, 0.1) is 0 Å². The van der Waals surface area contributed by atoms with Crippen LogP contribution in [0.5, 0.6) is 0 Å². The minimum Gasteiger partial charge on any atom is -0.354 e. The second kappa shape index (κ2) is 8.30. The van der Waals surface area contributed by atoms with Crippen LogP contribution in [0.2, 0.25) is 0 Å². The Morgan fingerprint density at radius 3 is 2.52 bits per heavy atom. The summed E-state index contributed by atoms with van der Waals surface area (Å²) in [6, 6.07) is 1.16. The van der Waals surface area contributed by atoms with Gasteiger partial charge in [-0.05, 0) is 38.5 Å². The van der Waals surface area contributed by atoms with Gasteiger partial charge in [0.25, 0.3) is 0 Å². The molecule has 1 aromatic heterocycles. The molecule has 7 heteroatoms. The monoisotopic (exact) mass is 432 g/mol. The molecule has 0 saturated heterocycles. The molecule has 6 nitrogen and oxygen atoms in total. The standard InChI is InChI=1S/C16H28N6.HI/c1-11-5-4-6-14(9-11)19-16(18-13-7-8-13)17-10-15-21-20-12(2)22(15)3;/h11,13-14H,4-10H2,1-3H3,(H2,17,18,19);1H. The Kier molecular flexibility index (Phi) is 6.67. The van der Waals surface area contributed by atoms with Gasteiger partial charge in [-0.1, -0.05) is 19.8 Å². The van der Waals surface area contributed by atoms with Crippen molar-refractivity contribution in [2.75, 3.05) is 0 Å². The summed E-state index contributed by atoms with van der Waals surface area (Å²) in [5.41, 5.74) is 0. The lowest BCUT2D eigenvalue weighted by atomic mass is 9.87. The maximum Gasteiger partial charge on any atom is 0.192 e. The molecular weight excluding hydrogens is 403 g/mol. The van der Waals surface area contributed by atoms with Crippen LogP contribution in [-0.4, -0.2) is 32.8 Å². The minimum atomic E-state index is 0. The Balaban J connectivity index is 0.00000192. The zero-order valence-corrected chi connectivity index (χ0v) is 16.7. The summed E-state index contributed by atoms with van der Waals surface area (Å²) >= 11 is 0. The van der Waals surface area contributed by atoms with E-state index in [2.05, 4.69) is 27.8 Å². The number of nitrogens with zero attached hydrogens (tertiary/aromatic N) is 4. The van der Waals surface area contributed by atoms with Crippen molar-refractivity contribution in [1.82, 2.24) is 25.4 Å². The van der Waals surface area contributed by atoms with Crippen LogP contribution in [0.3, 0.4) is 0 Å². The van der Waals surface area contributed by atoms with Gasteiger partial charge < -0.3 is 15.2 Å². The van der Waals surface area contributed by atoms with Crippen molar-refractivity contribution in [1.29, 1.82) is 0 Å². The molecule has 2 N–H and O–H groups in total. The van der Waals surface area contributed by atoms with E-state index in [0.29, 0.717) is 18.6 Å². The van der Waals surface area contributed by atoms with Crippen LogP contribution >= 0.6 is 24.0 Å². The van der Waals surface area contributed by atoms with Crippen LogP contribution < -0.4 is 10.6 Å². The van der Waals surface area contributed by atoms with Gasteiger partial charge >= 0.3 is 0 Å². The smallest absolute Gasteiger partial charge is 0.192 e. The maximum absolute atomic E-state index is 4.74. The molecule has 2 aliphatic carbocycles. The van der Waals surface area contributed by atoms with Crippen LogP contribution in [0.4, 0.5) is 0 Å². The Hall–Kier alpha value is -0.860. The zero-order valence-electron chi connectivity index (χ0n) is 14.4. The molecule has 2 atom stereocenters. The third-order valence-corrected chi connectivity index (χ3v) is 4.76. The lowest BCUT2D eigenvalue weighted by Gasteiger charge is -2.29. The third-order valence-electron chi connectivity index (χ3n) is 4.76. The Labute approximate surface area is 155 Å². The summed E-state index contributed by atoms with van der Waals surface area (Å²) in [5, 5.41) is 15.5. The summed E-state index contributed by atoms with van der Waals surface area (Å²) in [6.07, 6.45) is 7.68. The first-order valence-electron chi connectivity index (χ1n) is 8.54. The molecule has 1 aromatic rings. The summed E-state index contributed by atoms with van der Waals surface area (Å²) in [6.45, 7) is 4.88. The maximum atomic E-state index is 4.74. The first-order valence-corrected chi connectivity index (χ1v) is 8.54. The fourth-order valence-electron chi connectivity index (χ4n) is 3.05. The normalized spacial score (nSPS) is 24.9. The average molecular weight is 432 g/mol. The molecule has 0 amide bonds. The predicted octanol–water partition coefficient (Wildman–Crippen LogP) is 2.52. The van der Waals surface area contributed by atoms with Crippen molar-refractivity contribution >= 4 is 29.9 Å². The Morgan fingerprint density at radius 1 is 1.17 bits per heavy atom. The van der Waals surface area contributed by atoms with Gasteiger partial charge in [0.2, 0.25) is 0 Å². The van der Waals surface area contributed by atoms with Crippen LogP contribution in [-0.2, 0) is 13.6 Å². The molecular formula is C16H29IN6. The van der Waals surface area contributed by atoms with Crippen LogP contribution in [0.15, 0.2) is 4.99 Å². The molecule has 2 fully saturated rings. The van der Waals surface area contributed by atoms with E-state index in [1.54, 1.807) is 0 Å². The topological polar surface area (TPSA) is 67.1 Å². The van der Waals surface area contributed by atoms with Gasteiger partial charge in [-0.2, -0.15) is 0 Å². The first kappa shape index (κ1) is 18.5. The Bertz CT molecular complexity index is 537. The highest BCUT2D eigenvalue weighted by Crippen LogP contribution is 2.24. The van der Waals surface area contributed by atoms with E-state index in [9.17, 15) is 0 Å². The number of nitrogens with one attached hydrogen (secondary N) is 2. The number of hydrogen-bond acceptors (Lipinski definition) is 3. The van der Waals surface area contributed by atoms with Gasteiger partial charge in [0, 0.05) is 19.1 Å². The zero-order chi connectivity index (χ0) is 15.5. The molecule has 2 unspecified atom stereocenters. The van der Waals surface area contributed by atoms with E-state index in [-0.39, 0.29) is 24.0 Å². The van der Waals surface area contributed by atoms with E-state index >= 15 is 0 Å². The highest BCUT2D eigenvalue weighted by Gasteiger charge is 2.25. The van der Waals surface area contributed by atoms with Gasteiger partial charge in [0.15, 0.2) is 11.8 Å². The fourth-order valence-corrected chi connectivity index (χ4v) is 3.05. The van der Waals surface area contributed by atoms with Crippen molar-refractivity contribution in [3.05, 3.63) is 11.6 Å². The quantitative estimate of drug-likeness (QED) is 0.436. The molecule has 0 spiro atoms. The highest BCUT2D eigenvalue weighted by atomic mass is 127. The average Bonchev–Trinajstić information content (AvgIpc) is 3.24. The number of aryl methyl sites for hydroxylation is 1. The SMILES string of the molecule is Cc1nnc(CN=C(NC2CC2)NC2CCCC(C)C2)n1C.I. The van der Waals surface area contributed by atoms with E-state index in [1.807, 2.05) is 18.5 Å². The van der Waals surface area contributed by atoms with Crippen molar-refractivity contribution in [3.8, 4) is 0 Å². The number of halogens is 1. The lowest BCUT2D eigenvalue weighted by Crippen LogP contribution is -2.46. The van der Waals surface area contributed by atoms with E-state index in [1.165, 1.54) is 38.5 Å². The molecule has 0 aliphatic heterocycles. The van der Waals surface area contributed by atoms with E-state index in [4.69, 9.17) is 4.99 Å². The van der Waals surface area contributed by atoms with Crippen molar-refractivity contribution < 1.29 is 0 Å². The number of aromatic nitrogens is 3. The summed E-state index contributed by atoms with van der Waals surface area (Å²) in [4.78, 5) is 4.74. The lowest BCUT2D eigenvalue weighted by molar-refractivity contribution is 0.324. The van der Waals surface area contributed by atoms with Crippen molar-refractivity contribution in [2.24, 2.45) is 18.0 Å². The number of hydrogen-bond donors (Lipinski definition) is 2. The predicted molar refractivity (Wildman–Crippen MR) is 103 cm³/mol. The minimum absolute atomic E-state index is 0. The van der Waals surface area contributed by atoms with Gasteiger partial charge in [-0.15, -0.1) is 34.2 Å². The van der Waals surface area contributed by atoms with Gasteiger partial charge in [0.1, 0.15) is 12.4 Å². The van der Waals surface area contributed by atoms with Crippen molar-refractivity contribution in [2.45, 2.75) is 71.0 Å². The van der Waals surface area contributed by atoms with Crippen LogP contribution in [0.25, 0.3) is 0 Å². The molecule has 2 aliphatic rings. The summed E-state index contributed by atoms with van der Waals surface area (Å²) in [7, 11) is 1.99. The molecule has 0 bridgehead atoms. The highest BCUT2D eigenvalue weighted by molar-refractivity contribution is 14.0. The molecule has 0 aromatic carbocycles. The third kappa shape index (κ3) is 5.32. The Morgan fingerprint density at radius 2 is 1.91 bits per heavy atom. The molecule has 3 rings (SSSR count). The van der Waals surface area contributed by atoms with Gasteiger partial charge in [-0.25, -0.2) is 4.99 Å². The number of guanidine groups is 1. The molecule has 23 heavy (non-hydrogen) atoms. The van der Waals surface area contributed by atoms with E-state index < -0.39 is 0 Å². The van der Waals surface area contributed by atoms with Crippen molar-refractivity contribution in [3.63, 3.8) is 0 Å². The molecule has 2 saturated carbocycles. The molecule has 1 heterocycles. The number of aliphatic imine (C=N–C) groups is 1. The fraction of sp³-hybridized carbons (Fsp3) is 0.812. The molecule has 0 radical (unpaired) electrons. The van der Waals surface area contributed by atoms with E-state index in [0.717, 1.165) is 23.5 Å². The van der Waals surface area contributed by atoms with Gasteiger partial charge in [-0.3, -0.25) is 0 Å². The number of rotatable bonds is 4. The first-order chi connectivity index (χ1) is 10.6. The summed E-state index contributed by atoms with van der Waals surface area (Å²) < 4.78 is 2.00. The summed E-state index contributed by atoms with van der Waals surface area (Å²) in [5.74, 6) is 3.60. The second-order valence-electron chi connectivity index (χ2n) is 6.92. The largest absolute Gasteiger partial charge is 0.354 e. The van der Waals surface area contributed by atoms with Crippen LogP contribution in [0, 0.1) is 12.8 Å². The molecule has 130 valence electrons.